The first-order valence-corrected chi connectivity index (χ1v) is 7.85. The Hall–Kier alpha value is -2.28. The lowest BCUT2D eigenvalue weighted by molar-refractivity contribution is -0.137. The summed E-state index contributed by atoms with van der Waals surface area (Å²) in [5.41, 5.74) is 0.227. The Balaban J connectivity index is 2.29. The van der Waals surface area contributed by atoms with E-state index in [2.05, 4.69) is 16.0 Å². The molecule has 0 aliphatic carbocycles. The van der Waals surface area contributed by atoms with Gasteiger partial charge in [-0.25, -0.2) is 4.79 Å². The summed E-state index contributed by atoms with van der Waals surface area (Å²) in [4.78, 5) is 34.0. The molecule has 0 saturated heterocycles. The number of benzene rings is 1. The number of hydrogen-bond donors (Lipinski definition) is 4. The molecule has 0 aliphatic heterocycles. The molecule has 0 saturated carbocycles. The zero-order valence-corrected chi connectivity index (χ0v) is 14.4. The number of carboxylic acids is 1. The van der Waals surface area contributed by atoms with Gasteiger partial charge in [0.05, 0.1) is 6.54 Å². The minimum atomic E-state index is -0.919. The van der Waals surface area contributed by atoms with Crippen molar-refractivity contribution < 1.29 is 19.5 Å². The van der Waals surface area contributed by atoms with E-state index in [1.807, 2.05) is 0 Å². The molecule has 0 aliphatic rings. The highest BCUT2D eigenvalue weighted by molar-refractivity contribution is 6.30. The van der Waals surface area contributed by atoms with Gasteiger partial charge in [-0.05, 0) is 38.0 Å². The fourth-order valence-corrected chi connectivity index (χ4v) is 2.04. The molecule has 3 amide bonds. The molecule has 0 fully saturated rings. The van der Waals surface area contributed by atoms with E-state index in [1.54, 1.807) is 38.1 Å². The lowest BCUT2D eigenvalue weighted by Crippen LogP contribution is -2.49. The first kappa shape index (κ1) is 19.8. The van der Waals surface area contributed by atoms with Crippen LogP contribution in [-0.2, 0) is 16.1 Å². The van der Waals surface area contributed by atoms with E-state index in [0.717, 1.165) is 5.56 Å². The number of carboxylic acid groups (broad SMARTS) is 1. The van der Waals surface area contributed by atoms with Crippen LogP contribution in [-0.4, -0.2) is 35.1 Å². The second-order valence-corrected chi connectivity index (χ2v) is 6.42. The molecule has 1 aromatic rings. The maximum absolute atomic E-state index is 11.8. The summed E-state index contributed by atoms with van der Waals surface area (Å²) >= 11 is 5.77. The molecule has 4 N–H and O–H groups in total. The normalized spacial score (nSPS) is 10.8. The van der Waals surface area contributed by atoms with Crippen LogP contribution in [0.1, 0.15) is 32.3 Å². The van der Waals surface area contributed by atoms with Gasteiger partial charge in [-0.15, -0.1) is 0 Å². The third-order valence-electron chi connectivity index (χ3n) is 3.22. The molecule has 0 spiro atoms. The second-order valence-electron chi connectivity index (χ2n) is 5.99. The summed E-state index contributed by atoms with van der Waals surface area (Å²) in [5, 5.41) is 17.0. The quantitative estimate of drug-likeness (QED) is 0.571. The summed E-state index contributed by atoms with van der Waals surface area (Å²) in [5.74, 6) is -1.30. The molecular weight excluding hydrogens is 334 g/mol. The van der Waals surface area contributed by atoms with Gasteiger partial charge < -0.3 is 21.1 Å². The summed E-state index contributed by atoms with van der Waals surface area (Å²) in [6.45, 7) is 3.58. The number of carbonyl (C=O) groups is 3. The molecule has 0 heterocycles. The number of halogens is 1. The minimum Gasteiger partial charge on any atom is -0.481 e. The van der Waals surface area contributed by atoms with Crippen LogP contribution in [0.4, 0.5) is 4.79 Å². The van der Waals surface area contributed by atoms with Gasteiger partial charge in [-0.3, -0.25) is 9.59 Å². The highest BCUT2D eigenvalue weighted by atomic mass is 35.5. The number of aliphatic carboxylic acids is 1. The fourth-order valence-electron chi connectivity index (χ4n) is 1.91. The van der Waals surface area contributed by atoms with Crippen molar-refractivity contribution in [3.05, 3.63) is 34.9 Å². The van der Waals surface area contributed by atoms with Gasteiger partial charge in [-0.1, -0.05) is 23.7 Å². The number of urea groups is 1. The van der Waals surface area contributed by atoms with Gasteiger partial charge in [0.1, 0.15) is 0 Å². The molecule has 0 radical (unpaired) electrons. The maximum atomic E-state index is 11.8. The predicted octanol–water partition coefficient (Wildman–Crippen LogP) is 1.90. The van der Waals surface area contributed by atoms with Crippen LogP contribution in [0.2, 0.25) is 5.02 Å². The van der Waals surface area contributed by atoms with Crippen molar-refractivity contribution in [2.75, 3.05) is 6.54 Å². The van der Waals surface area contributed by atoms with Crippen molar-refractivity contribution in [2.24, 2.45) is 0 Å². The van der Waals surface area contributed by atoms with Crippen LogP contribution in [0.15, 0.2) is 24.3 Å². The molecule has 0 bridgehead atoms. The lowest BCUT2D eigenvalue weighted by Gasteiger charge is -2.25. The first-order chi connectivity index (χ1) is 11.2. The van der Waals surface area contributed by atoms with Crippen molar-refractivity contribution >= 4 is 29.5 Å². The van der Waals surface area contributed by atoms with Crippen LogP contribution in [0.25, 0.3) is 0 Å². The minimum absolute atomic E-state index is 0.0394. The monoisotopic (exact) mass is 355 g/mol. The Labute approximate surface area is 145 Å². The van der Waals surface area contributed by atoms with Crippen molar-refractivity contribution in [3.8, 4) is 0 Å². The van der Waals surface area contributed by atoms with E-state index >= 15 is 0 Å². The SMILES string of the molecule is CC(C)(CCC(=O)O)NC(=O)CNC(=O)NCc1ccc(Cl)cc1. The van der Waals surface area contributed by atoms with E-state index < -0.39 is 17.5 Å². The average Bonchev–Trinajstić information content (AvgIpc) is 2.50. The second kappa shape index (κ2) is 9.12. The number of carbonyl (C=O) groups excluding carboxylic acids is 2. The molecule has 24 heavy (non-hydrogen) atoms. The van der Waals surface area contributed by atoms with E-state index in [9.17, 15) is 14.4 Å². The maximum Gasteiger partial charge on any atom is 0.315 e. The third kappa shape index (κ3) is 8.38. The van der Waals surface area contributed by atoms with Gasteiger partial charge in [0.25, 0.3) is 0 Å². The smallest absolute Gasteiger partial charge is 0.315 e. The summed E-state index contributed by atoms with van der Waals surface area (Å²) in [6.07, 6.45) is 0.263. The molecule has 1 rings (SSSR count). The van der Waals surface area contributed by atoms with Crippen LogP contribution in [0.3, 0.4) is 0 Å². The van der Waals surface area contributed by atoms with E-state index in [0.29, 0.717) is 18.0 Å². The van der Waals surface area contributed by atoms with Crippen molar-refractivity contribution in [1.29, 1.82) is 0 Å². The number of amides is 3. The first-order valence-electron chi connectivity index (χ1n) is 7.47. The summed E-state index contributed by atoms with van der Waals surface area (Å²) in [6, 6.07) is 6.57. The highest BCUT2D eigenvalue weighted by Crippen LogP contribution is 2.11. The molecule has 0 atom stereocenters. The molecular formula is C16H22ClN3O4. The average molecular weight is 356 g/mol. The van der Waals surface area contributed by atoms with Gasteiger partial charge in [0.2, 0.25) is 5.91 Å². The van der Waals surface area contributed by atoms with Gasteiger partial charge in [-0.2, -0.15) is 0 Å². The van der Waals surface area contributed by atoms with Crippen molar-refractivity contribution in [3.63, 3.8) is 0 Å². The van der Waals surface area contributed by atoms with Crippen LogP contribution >= 0.6 is 11.6 Å². The Kier molecular flexibility index (Phi) is 7.51. The van der Waals surface area contributed by atoms with Gasteiger partial charge >= 0.3 is 12.0 Å². The van der Waals surface area contributed by atoms with E-state index in [4.69, 9.17) is 16.7 Å². The number of nitrogens with one attached hydrogen (secondary N) is 3. The van der Waals surface area contributed by atoms with E-state index in [1.165, 1.54) is 0 Å². The summed E-state index contributed by atoms with van der Waals surface area (Å²) < 4.78 is 0. The van der Waals surface area contributed by atoms with E-state index in [-0.39, 0.29) is 18.9 Å². The molecule has 1 aromatic carbocycles. The Bertz CT molecular complexity index is 587. The van der Waals surface area contributed by atoms with Gasteiger partial charge in [0.15, 0.2) is 0 Å². The Morgan fingerprint density at radius 3 is 2.33 bits per heavy atom. The number of rotatable bonds is 8. The fraction of sp³-hybridized carbons (Fsp3) is 0.438. The lowest BCUT2D eigenvalue weighted by atomic mass is 9.98. The predicted molar refractivity (Wildman–Crippen MR) is 90.8 cm³/mol. The molecule has 8 heteroatoms. The summed E-state index contributed by atoms with van der Waals surface area (Å²) in [7, 11) is 0. The van der Waals surface area contributed by atoms with Crippen molar-refractivity contribution in [2.45, 2.75) is 38.8 Å². The highest BCUT2D eigenvalue weighted by Gasteiger charge is 2.21. The van der Waals surface area contributed by atoms with Crippen LogP contribution in [0, 0.1) is 0 Å². The van der Waals surface area contributed by atoms with Crippen LogP contribution in [0.5, 0.6) is 0 Å². The number of hydrogen-bond acceptors (Lipinski definition) is 3. The molecule has 0 aromatic heterocycles. The standard InChI is InChI=1S/C16H22ClN3O4/c1-16(2,8-7-14(22)23)20-13(21)10-19-15(24)18-9-11-3-5-12(17)6-4-11/h3-6H,7-10H2,1-2H3,(H,20,21)(H,22,23)(H2,18,19,24). The molecule has 132 valence electrons. The zero-order valence-electron chi connectivity index (χ0n) is 13.7. The largest absolute Gasteiger partial charge is 0.481 e. The van der Waals surface area contributed by atoms with Crippen molar-refractivity contribution in [1.82, 2.24) is 16.0 Å². The topological polar surface area (TPSA) is 108 Å². The third-order valence-corrected chi connectivity index (χ3v) is 3.47. The molecule has 7 nitrogen and oxygen atoms in total. The Morgan fingerprint density at radius 1 is 1.12 bits per heavy atom. The van der Waals surface area contributed by atoms with Crippen LogP contribution < -0.4 is 16.0 Å². The molecule has 0 unspecified atom stereocenters. The zero-order chi connectivity index (χ0) is 18.2. The Morgan fingerprint density at radius 2 is 1.75 bits per heavy atom. The van der Waals surface area contributed by atoms with Gasteiger partial charge in [0, 0.05) is 23.5 Å².